The summed E-state index contributed by atoms with van der Waals surface area (Å²) in [6.07, 6.45) is -3.31. The number of carbonyl (C=O) groups excluding carboxylic acids is 2. The zero-order valence-electron chi connectivity index (χ0n) is 13.5. The molecule has 0 amide bonds. The van der Waals surface area contributed by atoms with Crippen molar-refractivity contribution in [3.05, 3.63) is 35.9 Å². The van der Waals surface area contributed by atoms with E-state index in [2.05, 4.69) is 0 Å². The topological polar surface area (TPSA) is 80.3 Å². The summed E-state index contributed by atoms with van der Waals surface area (Å²) in [5.41, 5.74) is 0.959. The van der Waals surface area contributed by atoms with Crippen molar-refractivity contribution in [3.8, 4) is 0 Å². The molecule has 0 N–H and O–H groups in total. The molecule has 2 bridgehead atoms. The zero-order chi connectivity index (χ0) is 17.1. The van der Waals surface area contributed by atoms with E-state index in [1.807, 2.05) is 30.3 Å². The fraction of sp³-hybridized carbons (Fsp3) is 0.529. The molecule has 5 atom stereocenters. The van der Waals surface area contributed by atoms with Gasteiger partial charge in [0.25, 0.3) is 0 Å². The fourth-order valence-corrected chi connectivity index (χ4v) is 2.94. The molecule has 1 aromatic rings. The van der Waals surface area contributed by atoms with Gasteiger partial charge in [0.2, 0.25) is 0 Å². The first-order valence-corrected chi connectivity index (χ1v) is 7.81. The molecule has 0 aliphatic carbocycles. The molecule has 2 aliphatic heterocycles. The molecule has 2 fully saturated rings. The predicted octanol–water partition coefficient (Wildman–Crippen LogP) is 1.19. The smallest absolute Gasteiger partial charge is 0.303 e. The summed E-state index contributed by atoms with van der Waals surface area (Å²) in [7, 11) is 0. The van der Waals surface area contributed by atoms with E-state index in [4.69, 9.17) is 23.7 Å². The van der Waals surface area contributed by atoms with Gasteiger partial charge < -0.3 is 23.7 Å². The largest absolute Gasteiger partial charge is 0.457 e. The van der Waals surface area contributed by atoms with Crippen LogP contribution in [-0.4, -0.2) is 49.3 Å². The van der Waals surface area contributed by atoms with E-state index in [1.54, 1.807) is 0 Å². The van der Waals surface area contributed by atoms with Gasteiger partial charge in [-0.25, -0.2) is 0 Å². The van der Waals surface area contributed by atoms with Gasteiger partial charge in [0, 0.05) is 13.8 Å². The molecule has 0 saturated carbocycles. The second kappa shape index (κ2) is 7.29. The minimum Gasteiger partial charge on any atom is -0.457 e. The third kappa shape index (κ3) is 3.75. The Bertz CT molecular complexity index is 558. The standard InChI is InChI=1S/C17H20O7/c1-10(18)22-14-13-9-21-17(24-13)16(23-11(2)19)15(14)20-8-12-6-4-3-5-7-12/h3-7,13-17H,8-9H2,1-2H3/t13-,14?,15-,16?,17-/m0/s1. The zero-order valence-corrected chi connectivity index (χ0v) is 13.5. The lowest BCUT2D eigenvalue weighted by molar-refractivity contribution is -0.255. The van der Waals surface area contributed by atoms with Gasteiger partial charge in [-0.1, -0.05) is 30.3 Å². The number of rotatable bonds is 5. The Kier molecular flexibility index (Phi) is 5.13. The predicted molar refractivity (Wildman–Crippen MR) is 80.7 cm³/mol. The molecule has 130 valence electrons. The molecule has 0 aromatic heterocycles. The van der Waals surface area contributed by atoms with E-state index in [1.165, 1.54) is 13.8 Å². The van der Waals surface area contributed by atoms with Gasteiger partial charge in [-0.2, -0.15) is 0 Å². The maximum atomic E-state index is 11.5. The molecular weight excluding hydrogens is 316 g/mol. The molecule has 2 aliphatic rings. The minimum atomic E-state index is -0.797. The summed E-state index contributed by atoms with van der Waals surface area (Å²) in [4.78, 5) is 22.9. The molecule has 0 spiro atoms. The summed E-state index contributed by atoms with van der Waals surface area (Å²) in [5, 5.41) is 0. The maximum Gasteiger partial charge on any atom is 0.303 e. The highest BCUT2D eigenvalue weighted by atomic mass is 16.8. The molecule has 2 unspecified atom stereocenters. The Morgan fingerprint density at radius 3 is 2.38 bits per heavy atom. The summed E-state index contributed by atoms with van der Waals surface area (Å²) in [6.45, 7) is 3.17. The normalized spacial score (nSPS) is 31.5. The Hall–Kier alpha value is -1.96. The number of esters is 2. The van der Waals surface area contributed by atoms with E-state index in [9.17, 15) is 9.59 Å². The molecule has 2 saturated heterocycles. The van der Waals surface area contributed by atoms with Crippen molar-refractivity contribution in [2.24, 2.45) is 0 Å². The second-order valence-corrected chi connectivity index (χ2v) is 5.79. The van der Waals surface area contributed by atoms with E-state index in [0.29, 0.717) is 6.61 Å². The second-order valence-electron chi connectivity index (χ2n) is 5.79. The highest BCUT2D eigenvalue weighted by molar-refractivity contribution is 5.67. The van der Waals surface area contributed by atoms with Crippen molar-refractivity contribution >= 4 is 11.9 Å². The molecule has 24 heavy (non-hydrogen) atoms. The molecule has 7 nitrogen and oxygen atoms in total. The number of benzene rings is 1. The lowest BCUT2D eigenvalue weighted by Gasteiger charge is -2.39. The van der Waals surface area contributed by atoms with Crippen LogP contribution in [0.25, 0.3) is 0 Å². The maximum absolute atomic E-state index is 11.5. The van der Waals surface area contributed by atoms with E-state index < -0.39 is 42.6 Å². The van der Waals surface area contributed by atoms with Gasteiger partial charge >= 0.3 is 11.9 Å². The first-order chi connectivity index (χ1) is 11.5. The van der Waals surface area contributed by atoms with E-state index in [0.717, 1.165) is 5.56 Å². The van der Waals surface area contributed by atoms with Crippen LogP contribution in [0, 0.1) is 0 Å². The Morgan fingerprint density at radius 2 is 1.71 bits per heavy atom. The summed E-state index contributed by atoms with van der Waals surface area (Å²) < 4.78 is 27.8. The first kappa shape index (κ1) is 16.9. The number of carbonyl (C=O) groups is 2. The van der Waals surface area contributed by atoms with Gasteiger partial charge in [0.05, 0.1) is 13.2 Å². The van der Waals surface area contributed by atoms with Crippen LogP contribution in [-0.2, 0) is 39.9 Å². The number of fused-ring (bicyclic) bond motifs is 2. The number of hydrogen-bond acceptors (Lipinski definition) is 7. The first-order valence-electron chi connectivity index (χ1n) is 7.81. The monoisotopic (exact) mass is 336 g/mol. The Labute approximate surface area is 139 Å². The highest BCUT2D eigenvalue weighted by Crippen LogP contribution is 2.34. The average molecular weight is 336 g/mol. The van der Waals surface area contributed by atoms with Crippen molar-refractivity contribution in [2.75, 3.05) is 6.61 Å². The van der Waals surface area contributed by atoms with Gasteiger partial charge in [-0.15, -0.1) is 0 Å². The van der Waals surface area contributed by atoms with Crippen molar-refractivity contribution in [2.45, 2.75) is 51.2 Å². The SMILES string of the molecule is CC(=O)OC1[C@H]2OC[C@H](O2)C(OC(C)=O)[C@@H]1OCc1ccccc1. The summed E-state index contributed by atoms with van der Waals surface area (Å²) in [6, 6.07) is 9.57. The van der Waals surface area contributed by atoms with Crippen molar-refractivity contribution < 1.29 is 33.3 Å². The van der Waals surface area contributed by atoms with E-state index >= 15 is 0 Å². The Morgan fingerprint density at radius 1 is 1.04 bits per heavy atom. The third-order valence-electron chi connectivity index (χ3n) is 3.91. The van der Waals surface area contributed by atoms with Crippen LogP contribution in [0.3, 0.4) is 0 Å². The Balaban J connectivity index is 1.79. The van der Waals surface area contributed by atoms with Crippen LogP contribution in [0.4, 0.5) is 0 Å². The molecular formula is C17H20O7. The molecule has 7 heteroatoms. The highest BCUT2D eigenvalue weighted by Gasteiger charge is 2.54. The van der Waals surface area contributed by atoms with Gasteiger partial charge in [0.15, 0.2) is 18.5 Å². The van der Waals surface area contributed by atoms with Crippen LogP contribution in [0.1, 0.15) is 19.4 Å². The van der Waals surface area contributed by atoms with Crippen LogP contribution in [0.2, 0.25) is 0 Å². The van der Waals surface area contributed by atoms with Crippen LogP contribution < -0.4 is 0 Å². The lowest BCUT2D eigenvalue weighted by atomic mass is 10.00. The van der Waals surface area contributed by atoms with Crippen LogP contribution >= 0.6 is 0 Å². The van der Waals surface area contributed by atoms with Crippen LogP contribution in [0.15, 0.2) is 30.3 Å². The molecule has 3 rings (SSSR count). The fourth-order valence-electron chi connectivity index (χ4n) is 2.94. The lowest BCUT2D eigenvalue weighted by Crippen LogP contribution is -2.57. The quantitative estimate of drug-likeness (QED) is 0.747. The van der Waals surface area contributed by atoms with Crippen molar-refractivity contribution in [1.82, 2.24) is 0 Å². The summed E-state index contributed by atoms with van der Waals surface area (Å²) >= 11 is 0. The van der Waals surface area contributed by atoms with Gasteiger partial charge in [-0.05, 0) is 5.56 Å². The molecule has 0 radical (unpaired) electrons. The minimum absolute atomic E-state index is 0.256. The number of hydrogen-bond donors (Lipinski definition) is 0. The van der Waals surface area contributed by atoms with Crippen molar-refractivity contribution in [1.29, 1.82) is 0 Å². The van der Waals surface area contributed by atoms with E-state index in [-0.39, 0.29) is 6.61 Å². The third-order valence-corrected chi connectivity index (χ3v) is 3.91. The van der Waals surface area contributed by atoms with Crippen LogP contribution in [0.5, 0.6) is 0 Å². The number of ether oxygens (including phenoxy) is 5. The molecule has 2 heterocycles. The average Bonchev–Trinajstić information content (AvgIpc) is 2.98. The molecule has 1 aromatic carbocycles. The van der Waals surface area contributed by atoms with Gasteiger partial charge in [0.1, 0.15) is 12.2 Å². The summed E-state index contributed by atoms with van der Waals surface area (Å²) in [5.74, 6) is -0.934. The van der Waals surface area contributed by atoms with Gasteiger partial charge in [-0.3, -0.25) is 9.59 Å². The van der Waals surface area contributed by atoms with Crippen molar-refractivity contribution in [3.63, 3.8) is 0 Å².